The fourth-order valence-corrected chi connectivity index (χ4v) is 1.19. The quantitative estimate of drug-likeness (QED) is 0.629. The number of rotatable bonds is 4. The normalized spacial score (nSPS) is 11.6. The summed E-state index contributed by atoms with van der Waals surface area (Å²) in [7, 11) is 0. The van der Waals surface area contributed by atoms with Crippen molar-refractivity contribution in [2.75, 3.05) is 6.54 Å². The second-order valence-corrected chi connectivity index (χ2v) is 4.04. The Balaban J connectivity index is 2.39. The van der Waals surface area contributed by atoms with Gasteiger partial charge < -0.3 is 5.32 Å². The monoisotopic (exact) mass is 255 g/mol. The molecule has 0 aliphatic rings. The minimum absolute atomic E-state index is 0.723. The summed E-state index contributed by atoms with van der Waals surface area (Å²) in [5, 5.41) is 5.66. The van der Waals surface area contributed by atoms with E-state index in [1.165, 1.54) is 6.21 Å². The highest BCUT2D eigenvalue weighted by Crippen LogP contribution is 2.08. The van der Waals surface area contributed by atoms with Crippen molar-refractivity contribution in [3.8, 4) is 0 Å². The highest BCUT2D eigenvalue weighted by Gasteiger charge is 2.21. The van der Waals surface area contributed by atoms with E-state index in [4.69, 9.17) is 0 Å². The molecule has 18 heavy (non-hydrogen) atoms. The number of hydrogen-bond donors (Lipinski definition) is 2. The van der Waals surface area contributed by atoms with Crippen LogP contribution in [0.5, 0.6) is 0 Å². The molecule has 1 aromatic rings. The molecule has 0 aromatic heterocycles. The molecule has 2 N–H and O–H groups in total. The van der Waals surface area contributed by atoms with Gasteiger partial charge in [0.1, 0.15) is 0 Å². The van der Waals surface area contributed by atoms with Crippen LogP contribution in [-0.4, -0.2) is 24.7 Å². The van der Waals surface area contributed by atoms with Gasteiger partial charge in [-0.05, 0) is 12.5 Å². The lowest BCUT2D eigenvalue weighted by Crippen LogP contribution is -2.39. The predicted molar refractivity (Wildman–Crippen MR) is 65.9 cm³/mol. The van der Waals surface area contributed by atoms with Crippen LogP contribution in [0.1, 0.15) is 18.1 Å². The highest BCUT2D eigenvalue weighted by molar-refractivity contribution is 5.82. The van der Waals surface area contributed by atoms with Gasteiger partial charge >= 0.3 is 6.03 Å². The number of nitrogens with one attached hydrogen (secondary N) is 2. The van der Waals surface area contributed by atoms with Crippen molar-refractivity contribution in [3.63, 3.8) is 0 Å². The van der Waals surface area contributed by atoms with Crippen molar-refractivity contribution < 1.29 is 13.6 Å². The number of urea groups is 1. The molecule has 0 aliphatic heterocycles. The van der Waals surface area contributed by atoms with Crippen molar-refractivity contribution in [3.05, 3.63) is 35.4 Å². The van der Waals surface area contributed by atoms with Gasteiger partial charge in [0.05, 0.1) is 12.8 Å². The molecule has 6 heteroatoms. The van der Waals surface area contributed by atoms with Crippen LogP contribution in [0.3, 0.4) is 0 Å². The Morgan fingerprint density at radius 2 is 2.22 bits per heavy atom. The van der Waals surface area contributed by atoms with Crippen LogP contribution in [0.4, 0.5) is 13.6 Å². The van der Waals surface area contributed by atoms with E-state index in [-0.39, 0.29) is 0 Å². The third-order valence-electron chi connectivity index (χ3n) is 1.98. The number of hydrogen-bond acceptors (Lipinski definition) is 2. The summed E-state index contributed by atoms with van der Waals surface area (Å²) in [6.07, 6.45) is 1.44. The van der Waals surface area contributed by atoms with Gasteiger partial charge in [-0.15, -0.1) is 0 Å². The number of carbonyl (C=O) groups is 1. The minimum atomic E-state index is -2.93. The second kappa shape index (κ2) is 6.09. The summed E-state index contributed by atoms with van der Waals surface area (Å²) in [6, 6.07) is 6.72. The summed E-state index contributed by atoms with van der Waals surface area (Å²) >= 11 is 0. The van der Waals surface area contributed by atoms with E-state index in [2.05, 4.69) is 10.5 Å². The van der Waals surface area contributed by atoms with E-state index < -0.39 is 18.5 Å². The van der Waals surface area contributed by atoms with E-state index in [0.717, 1.165) is 18.1 Å². The summed E-state index contributed by atoms with van der Waals surface area (Å²) < 4.78 is 24.9. The Morgan fingerprint density at radius 1 is 1.50 bits per heavy atom. The fraction of sp³-hybridized carbons (Fsp3) is 0.333. The molecule has 0 heterocycles. The number of carbonyl (C=O) groups excluding carboxylic acids is 1. The number of halogens is 2. The van der Waals surface area contributed by atoms with Crippen LogP contribution >= 0.6 is 0 Å². The first kappa shape index (κ1) is 14.1. The third kappa shape index (κ3) is 5.93. The molecule has 0 saturated heterocycles. The molecule has 2 amide bonds. The van der Waals surface area contributed by atoms with Crippen LogP contribution in [-0.2, 0) is 0 Å². The van der Waals surface area contributed by atoms with Gasteiger partial charge in [0.15, 0.2) is 0 Å². The standard InChI is InChI=1S/C12H15F2N3O/c1-9-4-3-5-10(6-9)7-16-17-11(18)15-8-12(2,13)14/h3-7H,8H2,1-2H3,(H2,15,17,18). The fourth-order valence-electron chi connectivity index (χ4n) is 1.19. The molecular formula is C12H15F2N3O. The van der Waals surface area contributed by atoms with Crippen molar-refractivity contribution in [2.45, 2.75) is 19.8 Å². The van der Waals surface area contributed by atoms with Gasteiger partial charge in [-0.2, -0.15) is 5.10 Å². The van der Waals surface area contributed by atoms with E-state index in [1.807, 2.05) is 36.5 Å². The van der Waals surface area contributed by atoms with Gasteiger partial charge in [0, 0.05) is 6.92 Å². The first-order chi connectivity index (χ1) is 8.37. The number of hydrazone groups is 1. The zero-order chi connectivity index (χ0) is 13.6. The van der Waals surface area contributed by atoms with E-state index in [0.29, 0.717) is 0 Å². The van der Waals surface area contributed by atoms with Gasteiger partial charge in [-0.1, -0.05) is 29.8 Å². The van der Waals surface area contributed by atoms with Gasteiger partial charge in [0.2, 0.25) is 0 Å². The van der Waals surface area contributed by atoms with Gasteiger partial charge in [-0.25, -0.2) is 19.0 Å². The summed E-state index contributed by atoms with van der Waals surface area (Å²) in [6.45, 7) is 1.93. The lowest BCUT2D eigenvalue weighted by molar-refractivity contribution is 0.0253. The van der Waals surface area contributed by atoms with Crippen LogP contribution in [0, 0.1) is 6.92 Å². The average molecular weight is 255 g/mol. The van der Waals surface area contributed by atoms with Gasteiger partial charge in [-0.3, -0.25) is 0 Å². The summed E-state index contributed by atoms with van der Waals surface area (Å²) in [4.78, 5) is 11.1. The number of aryl methyl sites for hydroxylation is 1. The van der Waals surface area contributed by atoms with E-state index in [1.54, 1.807) is 0 Å². The molecule has 0 atom stereocenters. The summed E-state index contributed by atoms with van der Waals surface area (Å²) in [5.41, 5.74) is 3.99. The van der Waals surface area contributed by atoms with Crippen molar-refractivity contribution in [1.29, 1.82) is 0 Å². The maximum atomic E-state index is 12.4. The molecule has 1 aromatic carbocycles. The molecule has 98 valence electrons. The predicted octanol–water partition coefficient (Wildman–Crippen LogP) is 2.28. The van der Waals surface area contributed by atoms with Crippen LogP contribution in [0.2, 0.25) is 0 Å². The molecule has 0 spiro atoms. The Morgan fingerprint density at radius 3 is 2.83 bits per heavy atom. The molecule has 0 radical (unpaired) electrons. The van der Waals surface area contributed by atoms with Crippen LogP contribution < -0.4 is 10.7 Å². The Kier molecular flexibility index (Phi) is 4.76. The first-order valence-corrected chi connectivity index (χ1v) is 5.38. The molecule has 4 nitrogen and oxygen atoms in total. The summed E-state index contributed by atoms with van der Waals surface area (Å²) in [5.74, 6) is -2.93. The Bertz CT molecular complexity index is 441. The van der Waals surface area contributed by atoms with Crippen molar-refractivity contribution >= 4 is 12.2 Å². The van der Waals surface area contributed by atoms with E-state index >= 15 is 0 Å². The lowest BCUT2D eigenvalue weighted by atomic mass is 10.2. The van der Waals surface area contributed by atoms with Crippen LogP contribution in [0.25, 0.3) is 0 Å². The zero-order valence-corrected chi connectivity index (χ0v) is 10.2. The van der Waals surface area contributed by atoms with Crippen molar-refractivity contribution in [1.82, 2.24) is 10.7 Å². The maximum Gasteiger partial charge on any atom is 0.335 e. The Hall–Kier alpha value is -1.98. The molecule has 0 fully saturated rings. The number of amides is 2. The number of nitrogens with zero attached hydrogens (tertiary/aromatic N) is 1. The molecule has 0 bridgehead atoms. The first-order valence-electron chi connectivity index (χ1n) is 5.38. The topological polar surface area (TPSA) is 53.5 Å². The highest BCUT2D eigenvalue weighted by atomic mass is 19.3. The molecule has 1 rings (SSSR count). The third-order valence-corrected chi connectivity index (χ3v) is 1.98. The van der Waals surface area contributed by atoms with Gasteiger partial charge in [0.25, 0.3) is 5.92 Å². The SMILES string of the molecule is Cc1cccc(C=NNC(=O)NCC(C)(F)F)c1. The average Bonchev–Trinajstić information content (AvgIpc) is 2.25. The molecule has 0 saturated carbocycles. The molecule has 0 unspecified atom stereocenters. The van der Waals surface area contributed by atoms with E-state index in [9.17, 15) is 13.6 Å². The minimum Gasteiger partial charge on any atom is -0.331 e. The molecule has 0 aliphatic carbocycles. The smallest absolute Gasteiger partial charge is 0.331 e. The zero-order valence-electron chi connectivity index (χ0n) is 10.2. The second-order valence-electron chi connectivity index (χ2n) is 4.04. The number of benzene rings is 1. The van der Waals surface area contributed by atoms with Crippen molar-refractivity contribution in [2.24, 2.45) is 5.10 Å². The van der Waals surface area contributed by atoms with Crippen LogP contribution in [0.15, 0.2) is 29.4 Å². The largest absolute Gasteiger partial charge is 0.335 e. The lowest BCUT2D eigenvalue weighted by Gasteiger charge is -2.10. The number of alkyl halides is 2. The maximum absolute atomic E-state index is 12.4. The Labute approximate surface area is 104 Å². The molecular weight excluding hydrogens is 240 g/mol.